The van der Waals surface area contributed by atoms with Crippen molar-refractivity contribution in [1.29, 1.82) is 0 Å². The Hall–Kier alpha value is -2.63. The van der Waals surface area contributed by atoms with Crippen LogP contribution in [0, 0.1) is 0 Å². The largest absolute Gasteiger partial charge is 0.387 e. The quantitative estimate of drug-likeness (QED) is 0.449. The van der Waals surface area contributed by atoms with Gasteiger partial charge in [-0.3, -0.25) is 4.98 Å². The van der Waals surface area contributed by atoms with Gasteiger partial charge in [-0.1, -0.05) is 48.0 Å². The molecule has 6 heteroatoms. The standard InChI is InChI=1S/C21H23ClN4O/c1-2-23-21(26-14-20(27)17-8-3-5-9-18(17)22)25-13-15-11-12-24-19-10-6-4-7-16(15)19/h3-12,20,27H,2,13-14H2,1H3,(H2,23,25,26). The Bertz CT molecular complexity index is 923. The van der Waals surface area contributed by atoms with E-state index in [2.05, 4.69) is 26.7 Å². The summed E-state index contributed by atoms with van der Waals surface area (Å²) in [7, 11) is 0. The van der Waals surface area contributed by atoms with Crippen LogP contribution in [0.2, 0.25) is 5.02 Å². The predicted octanol–water partition coefficient (Wildman–Crippen LogP) is 3.68. The van der Waals surface area contributed by atoms with Gasteiger partial charge in [-0.2, -0.15) is 0 Å². The van der Waals surface area contributed by atoms with E-state index in [1.54, 1.807) is 12.3 Å². The molecule has 1 aromatic heterocycles. The van der Waals surface area contributed by atoms with E-state index in [0.717, 1.165) is 23.0 Å². The molecule has 0 saturated heterocycles. The molecule has 3 N–H and O–H groups in total. The van der Waals surface area contributed by atoms with Crippen LogP contribution in [0.1, 0.15) is 24.2 Å². The zero-order valence-corrected chi connectivity index (χ0v) is 15.9. The molecule has 0 radical (unpaired) electrons. The first kappa shape index (κ1) is 19.1. The van der Waals surface area contributed by atoms with E-state index in [0.29, 0.717) is 29.6 Å². The number of aromatic nitrogens is 1. The average molecular weight is 383 g/mol. The molecule has 0 bridgehead atoms. The summed E-state index contributed by atoms with van der Waals surface area (Å²) >= 11 is 6.15. The van der Waals surface area contributed by atoms with Crippen molar-refractivity contribution in [3.05, 3.63) is 76.9 Å². The van der Waals surface area contributed by atoms with Gasteiger partial charge in [-0.25, -0.2) is 4.99 Å². The molecule has 0 fully saturated rings. The summed E-state index contributed by atoms with van der Waals surface area (Å²) in [6.45, 7) is 3.56. The van der Waals surface area contributed by atoms with Crippen molar-refractivity contribution in [2.24, 2.45) is 4.99 Å². The number of pyridine rings is 1. The van der Waals surface area contributed by atoms with Gasteiger partial charge >= 0.3 is 0 Å². The van der Waals surface area contributed by atoms with Crippen LogP contribution in [-0.2, 0) is 6.54 Å². The molecule has 0 aliphatic rings. The minimum atomic E-state index is -0.718. The number of aliphatic hydroxyl groups excluding tert-OH is 1. The zero-order valence-electron chi connectivity index (χ0n) is 15.2. The minimum Gasteiger partial charge on any atom is -0.387 e. The van der Waals surface area contributed by atoms with Gasteiger partial charge < -0.3 is 15.7 Å². The summed E-state index contributed by atoms with van der Waals surface area (Å²) in [5.41, 5.74) is 2.75. The Morgan fingerprint density at radius 3 is 2.70 bits per heavy atom. The molecule has 1 atom stereocenters. The van der Waals surface area contributed by atoms with E-state index in [4.69, 9.17) is 11.6 Å². The van der Waals surface area contributed by atoms with Crippen LogP contribution in [-0.4, -0.2) is 29.1 Å². The number of aliphatic imine (C=N–C) groups is 1. The molecule has 0 amide bonds. The first-order valence-corrected chi connectivity index (χ1v) is 9.34. The van der Waals surface area contributed by atoms with Crippen molar-refractivity contribution in [3.8, 4) is 0 Å². The topological polar surface area (TPSA) is 69.5 Å². The lowest BCUT2D eigenvalue weighted by Gasteiger charge is -2.16. The normalized spacial score (nSPS) is 12.8. The smallest absolute Gasteiger partial charge is 0.191 e. The second-order valence-corrected chi connectivity index (χ2v) is 6.51. The third kappa shape index (κ3) is 4.96. The number of para-hydroxylation sites is 1. The minimum absolute atomic E-state index is 0.312. The summed E-state index contributed by atoms with van der Waals surface area (Å²) in [4.78, 5) is 9.03. The number of nitrogens with zero attached hydrogens (tertiary/aromatic N) is 2. The summed E-state index contributed by atoms with van der Waals surface area (Å²) in [5.74, 6) is 0.643. The number of benzene rings is 2. The molecule has 0 spiro atoms. The van der Waals surface area contributed by atoms with E-state index < -0.39 is 6.10 Å². The molecule has 1 unspecified atom stereocenters. The number of hydrogen-bond acceptors (Lipinski definition) is 3. The van der Waals surface area contributed by atoms with Crippen molar-refractivity contribution < 1.29 is 5.11 Å². The van der Waals surface area contributed by atoms with E-state index in [-0.39, 0.29) is 0 Å². The first-order chi connectivity index (χ1) is 13.2. The highest BCUT2D eigenvalue weighted by molar-refractivity contribution is 6.31. The zero-order chi connectivity index (χ0) is 19.1. The third-order valence-electron chi connectivity index (χ3n) is 4.22. The van der Waals surface area contributed by atoms with Crippen molar-refractivity contribution in [2.75, 3.05) is 13.1 Å². The fourth-order valence-corrected chi connectivity index (χ4v) is 3.11. The SMILES string of the molecule is CCNC(=NCc1ccnc2ccccc12)NCC(O)c1ccccc1Cl. The summed E-state index contributed by atoms with van der Waals surface area (Å²) in [5, 5.41) is 18.4. The summed E-state index contributed by atoms with van der Waals surface area (Å²) < 4.78 is 0. The highest BCUT2D eigenvalue weighted by Crippen LogP contribution is 2.22. The lowest BCUT2D eigenvalue weighted by atomic mass is 10.1. The molecule has 140 valence electrons. The molecule has 0 saturated carbocycles. The van der Waals surface area contributed by atoms with Gasteiger partial charge in [0, 0.05) is 35.3 Å². The van der Waals surface area contributed by atoms with Gasteiger partial charge in [0.1, 0.15) is 0 Å². The Labute approximate surface area is 164 Å². The van der Waals surface area contributed by atoms with Crippen molar-refractivity contribution in [3.63, 3.8) is 0 Å². The second kappa shape index (κ2) is 9.35. The molecule has 27 heavy (non-hydrogen) atoms. The molecule has 0 aliphatic heterocycles. The first-order valence-electron chi connectivity index (χ1n) is 8.96. The van der Waals surface area contributed by atoms with Crippen LogP contribution in [0.25, 0.3) is 10.9 Å². The Morgan fingerprint density at radius 1 is 1.11 bits per heavy atom. The molecule has 3 rings (SSSR count). The van der Waals surface area contributed by atoms with Crippen LogP contribution in [0.5, 0.6) is 0 Å². The lowest BCUT2D eigenvalue weighted by molar-refractivity contribution is 0.181. The molecule has 3 aromatic rings. The lowest BCUT2D eigenvalue weighted by Crippen LogP contribution is -2.39. The number of hydrogen-bond donors (Lipinski definition) is 3. The Balaban J connectivity index is 1.70. The maximum atomic E-state index is 10.4. The highest BCUT2D eigenvalue weighted by Gasteiger charge is 2.11. The molecule has 1 heterocycles. The van der Waals surface area contributed by atoms with E-state index in [9.17, 15) is 5.11 Å². The van der Waals surface area contributed by atoms with Crippen LogP contribution in [0.4, 0.5) is 0 Å². The summed E-state index contributed by atoms with van der Waals surface area (Å²) in [6, 6.07) is 17.3. The monoisotopic (exact) mass is 382 g/mol. The predicted molar refractivity (Wildman–Crippen MR) is 111 cm³/mol. The molecule has 5 nitrogen and oxygen atoms in total. The fraction of sp³-hybridized carbons (Fsp3) is 0.238. The maximum Gasteiger partial charge on any atom is 0.191 e. The number of nitrogens with one attached hydrogen (secondary N) is 2. The van der Waals surface area contributed by atoms with Crippen LogP contribution >= 0.6 is 11.6 Å². The van der Waals surface area contributed by atoms with Crippen molar-refractivity contribution >= 4 is 28.5 Å². The van der Waals surface area contributed by atoms with Crippen LogP contribution in [0.15, 0.2) is 65.8 Å². The van der Waals surface area contributed by atoms with Gasteiger partial charge in [-0.05, 0) is 30.7 Å². The highest BCUT2D eigenvalue weighted by atomic mass is 35.5. The van der Waals surface area contributed by atoms with Gasteiger partial charge in [0.05, 0.1) is 18.2 Å². The molecular formula is C21H23ClN4O. The van der Waals surface area contributed by atoms with E-state index in [1.165, 1.54) is 0 Å². The van der Waals surface area contributed by atoms with Gasteiger partial charge in [0.15, 0.2) is 5.96 Å². The number of aliphatic hydroxyl groups is 1. The second-order valence-electron chi connectivity index (χ2n) is 6.10. The Morgan fingerprint density at radius 2 is 1.89 bits per heavy atom. The number of guanidine groups is 1. The van der Waals surface area contributed by atoms with Gasteiger partial charge in [-0.15, -0.1) is 0 Å². The number of fused-ring (bicyclic) bond motifs is 1. The summed E-state index contributed by atoms with van der Waals surface area (Å²) in [6.07, 6.45) is 1.08. The Kier molecular flexibility index (Phi) is 6.63. The molecular weight excluding hydrogens is 360 g/mol. The van der Waals surface area contributed by atoms with Crippen molar-refractivity contribution in [2.45, 2.75) is 19.6 Å². The third-order valence-corrected chi connectivity index (χ3v) is 4.56. The molecule has 2 aromatic carbocycles. The van der Waals surface area contributed by atoms with E-state index >= 15 is 0 Å². The van der Waals surface area contributed by atoms with Gasteiger partial charge in [0.2, 0.25) is 0 Å². The van der Waals surface area contributed by atoms with Crippen LogP contribution in [0.3, 0.4) is 0 Å². The average Bonchev–Trinajstić information content (AvgIpc) is 2.70. The molecule has 0 aliphatic carbocycles. The maximum absolute atomic E-state index is 10.4. The number of rotatable bonds is 6. The number of halogens is 1. The van der Waals surface area contributed by atoms with Crippen LogP contribution < -0.4 is 10.6 Å². The van der Waals surface area contributed by atoms with E-state index in [1.807, 2.05) is 49.4 Å². The fourth-order valence-electron chi connectivity index (χ4n) is 2.85. The van der Waals surface area contributed by atoms with Gasteiger partial charge in [0.25, 0.3) is 0 Å². The van der Waals surface area contributed by atoms with Crippen molar-refractivity contribution in [1.82, 2.24) is 15.6 Å².